The highest BCUT2D eigenvalue weighted by atomic mass is 32.1. The summed E-state index contributed by atoms with van der Waals surface area (Å²) in [4.78, 5) is 20.7. The molecule has 0 saturated heterocycles. The normalized spacial score (nSPS) is 11.2. The van der Waals surface area contributed by atoms with Crippen molar-refractivity contribution < 1.29 is 4.79 Å². The number of hydrogen-bond acceptors (Lipinski definition) is 4. The Bertz CT molecular complexity index is 684. The first-order valence-electron chi connectivity index (χ1n) is 8.41. The molecule has 3 N–H and O–H groups in total. The molecular weight excluding hydrogens is 334 g/mol. The van der Waals surface area contributed by atoms with Crippen LogP contribution in [0.4, 0.5) is 0 Å². The fraction of sp³-hybridized carbons (Fsp3) is 0.389. The van der Waals surface area contributed by atoms with Crippen LogP contribution in [0, 0.1) is 6.92 Å². The summed E-state index contributed by atoms with van der Waals surface area (Å²) in [5, 5.41) is 12.4. The van der Waals surface area contributed by atoms with Crippen LogP contribution < -0.4 is 16.0 Å². The molecule has 0 aliphatic heterocycles. The summed E-state index contributed by atoms with van der Waals surface area (Å²) in [5.41, 5.74) is 2.15. The minimum atomic E-state index is -0.101. The zero-order valence-corrected chi connectivity index (χ0v) is 15.5. The van der Waals surface area contributed by atoms with Gasteiger partial charge < -0.3 is 16.0 Å². The standard InChI is InChI=1S/C18H25N5OS/c1-3-19-18(20-10-9-16-13-25-14(2)23-16)22-12-17(24)21-11-15-7-5-4-6-8-15/h4-8,13H,3,9-12H2,1-2H3,(H,21,24)(H2,19,20,22). The third kappa shape index (κ3) is 7.34. The van der Waals surface area contributed by atoms with E-state index in [0.29, 0.717) is 12.5 Å². The van der Waals surface area contributed by atoms with Crippen LogP contribution in [0.1, 0.15) is 23.2 Å². The van der Waals surface area contributed by atoms with E-state index in [9.17, 15) is 4.79 Å². The molecule has 0 aliphatic carbocycles. The van der Waals surface area contributed by atoms with Gasteiger partial charge in [0.05, 0.1) is 10.7 Å². The highest BCUT2D eigenvalue weighted by molar-refractivity contribution is 7.09. The zero-order chi connectivity index (χ0) is 17.9. The number of nitrogens with zero attached hydrogens (tertiary/aromatic N) is 2. The van der Waals surface area contributed by atoms with Gasteiger partial charge in [-0.1, -0.05) is 30.3 Å². The monoisotopic (exact) mass is 359 g/mol. The Hall–Kier alpha value is -2.41. The number of aromatic nitrogens is 1. The lowest BCUT2D eigenvalue weighted by Crippen LogP contribution is -2.39. The van der Waals surface area contributed by atoms with Crippen molar-refractivity contribution in [2.24, 2.45) is 4.99 Å². The summed E-state index contributed by atoms with van der Waals surface area (Å²) in [5.74, 6) is 0.542. The van der Waals surface area contributed by atoms with Crippen molar-refractivity contribution in [1.29, 1.82) is 0 Å². The van der Waals surface area contributed by atoms with Crippen molar-refractivity contribution >= 4 is 23.2 Å². The minimum Gasteiger partial charge on any atom is -0.357 e. The molecular formula is C18H25N5OS. The number of benzene rings is 1. The van der Waals surface area contributed by atoms with Gasteiger partial charge in [0.15, 0.2) is 5.96 Å². The van der Waals surface area contributed by atoms with Crippen LogP contribution in [0.25, 0.3) is 0 Å². The van der Waals surface area contributed by atoms with Crippen LogP contribution in [-0.2, 0) is 17.8 Å². The molecule has 0 fully saturated rings. The second kappa shape index (κ2) is 10.5. The van der Waals surface area contributed by atoms with E-state index in [1.165, 1.54) is 0 Å². The Morgan fingerprint density at radius 3 is 2.68 bits per heavy atom. The van der Waals surface area contributed by atoms with Crippen molar-refractivity contribution in [3.63, 3.8) is 0 Å². The van der Waals surface area contributed by atoms with Gasteiger partial charge in [0.1, 0.15) is 6.54 Å². The summed E-state index contributed by atoms with van der Waals surface area (Å²) in [6.07, 6.45) is 0.828. The maximum absolute atomic E-state index is 11.9. The molecule has 134 valence electrons. The Balaban J connectivity index is 1.74. The highest BCUT2D eigenvalue weighted by Gasteiger charge is 2.03. The molecule has 1 heterocycles. The number of guanidine groups is 1. The van der Waals surface area contributed by atoms with E-state index in [1.807, 2.05) is 44.2 Å². The summed E-state index contributed by atoms with van der Waals surface area (Å²) in [7, 11) is 0. The summed E-state index contributed by atoms with van der Waals surface area (Å²) in [6.45, 7) is 6.08. The molecule has 2 rings (SSSR count). The third-order valence-electron chi connectivity index (χ3n) is 3.40. The van der Waals surface area contributed by atoms with Gasteiger partial charge in [-0.15, -0.1) is 11.3 Å². The molecule has 1 aromatic heterocycles. The van der Waals surface area contributed by atoms with E-state index < -0.39 is 0 Å². The van der Waals surface area contributed by atoms with E-state index >= 15 is 0 Å². The van der Waals surface area contributed by atoms with E-state index in [2.05, 4.69) is 31.3 Å². The van der Waals surface area contributed by atoms with Gasteiger partial charge in [0, 0.05) is 31.4 Å². The van der Waals surface area contributed by atoms with Crippen LogP contribution in [-0.4, -0.2) is 36.5 Å². The van der Waals surface area contributed by atoms with E-state index in [1.54, 1.807) is 11.3 Å². The first kappa shape index (κ1) is 18.9. The molecule has 1 aromatic carbocycles. The van der Waals surface area contributed by atoms with Gasteiger partial charge >= 0.3 is 0 Å². The quantitative estimate of drug-likeness (QED) is 0.497. The molecule has 0 spiro atoms. The van der Waals surface area contributed by atoms with Crippen LogP contribution in [0.2, 0.25) is 0 Å². The van der Waals surface area contributed by atoms with Crippen molar-refractivity contribution in [3.05, 3.63) is 52.0 Å². The molecule has 0 bridgehead atoms. The maximum atomic E-state index is 11.9. The molecule has 7 heteroatoms. The van der Waals surface area contributed by atoms with Gasteiger partial charge in [-0.3, -0.25) is 4.79 Å². The van der Waals surface area contributed by atoms with Crippen molar-refractivity contribution in [3.8, 4) is 0 Å². The Labute approximate surface area is 152 Å². The molecule has 0 unspecified atom stereocenters. The lowest BCUT2D eigenvalue weighted by atomic mass is 10.2. The first-order valence-corrected chi connectivity index (χ1v) is 9.29. The number of carbonyl (C=O) groups excluding carboxylic acids is 1. The fourth-order valence-corrected chi connectivity index (χ4v) is 2.82. The second-order valence-corrected chi connectivity index (χ2v) is 6.55. The SMILES string of the molecule is CCNC(=NCC(=O)NCc1ccccc1)NCCc1csc(C)n1. The number of aryl methyl sites for hydroxylation is 1. The summed E-state index contributed by atoms with van der Waals surface area (Å²) in [6, 6.07) is 9.83. The average Bonchev–Trinajstić information content (AvgIpc) is 3.04. The van der Waals surface area contributed by atoms with E-state index in [-0.39, 0.29) is 12.5 Å². The highest BCUT2D eigenvalue weighted by Crippen LogP contribution is 2.07. The van der Waals surface area contributed by atoms with Crippen molar-refractivity contribution in [2.75, 3.05) is 19.6 Å². The predicted molar refractivity (Wildman–Crippen MR) is 103 cm³/mol. The van der Waals surface area contributed by atoms with E-state index in [4.69, 9.17) is 0 Å². The van der Waals surface area contributed by atoms with Crippen molar-refractivity contribution in [2.45, 2.75) is 26.8 Å². The molecule has 6 nitrogen and oxygen atoms in total. The Morgan fingerprint density at radius 1 is 1.20 bits per heavy atom. The second-order valence-electron chi connectivity index (χ2n) is 5.49. The number of aliphatic imine (C=N–C) groups is 1. The Kier molecular flexibility index (Phi) is 7.91. The number of amides is 1. The molecule has 2 aromatic rings. The van der Waals surface area contributed by atoms with E-state index in [0.717, 1.165) is 35.8 Å². The molecule has 0 atom stereocenters. The predicted octanol–water partition coefficient (Wildman–Crippen LogP) is 1.87. The molecule has 0 aliphatic rings. The molecule has 0 radical (unpaired) electrons. The first-order chi connectivity index (χ1) is 12.2. The topological polar surface area (TPSA) is 78.4 Å². The van der Waals surface area contributed by atoms with Crippen LogP contribution in [0.3, 0.4) is 0 Å². The average molecular weight is 359 g/mol. The largest absolute Gasteiger partial charge is 0.357 e. The number of carbonyl (C=O) groups is 1. The number of rotatable bonds is 8. The molecule has 0 saturated carbocycles. The Morgan fingerprint density at radius 2 is 2.00 bits per heavy atom. The molecule has 1 amide bonds. The number of nitrogens with one attached hydrogen (secondary N) is 3. The minimum absolute atomic E-state index is 0.0952. The number of thiazole rings is 1. The van der Waals surface area contributed by atoms with Crippen LogP contribution in [0.15, 0.2) is 40.7 Å². The van der Waals surface area contributed by atoms with Gasteiger partial charge in [-0.05, 0) is 19.4 Å². The summed E-state index contributed by atoms with van der Waals surface area (Å²) >= 11 is 1.65. The summed E-state index contributed by atoms with van der Waals surface area (Å²) < 4.78 is 0. The van der Waals surface area contributed by atoms with Gasteiger partial charge in [0.2, 0.25) is 5.91 Å². The van der Waals surface area contributed by atoms with Gasteiger partial charge in [-0.25, -0.2) is 9.98 Å². The van der Waals surface area contributed by atoms with Gasteiger partial charge in [-0.2, -0.15) is 0 Å². The fourth-order valence-electron chi connectivity index (χ4n) is 2.18. The van der Waals surface area contributed by atoms with Crippen LogP contribution >= 0.6 is 11.3 Å². The smallest absolute Gasteiger partial charge is 0.242 e. The van der Waals surface area contributed by atoms with Gasteiger partial charge in [0.25, 0.3) is 0 Å². The lowest BCUT2D eigenvalue weighted by molar-refractivity contribution is -0.119. The maximum Gasteiger partial charge on any atom is 0.242 e. The van der Waals surface area contributed by atoms with Crippen LogP contribution in [0.5, 0.6) is 0 Å². The number of hydrogen-bond donors (Lipinski definition) is 3. The van der Waals surface area contributed by atoms with Crippen molar-refractivity contribution in [1.82, 2.24) is 20.9 Å². The lowest BCUT2D eigenvalue weighted by Gasteiger charge is -2.10. The third-order valence-corrected chi connectivity index (χ3v) is 4.22. The zero-order valence-electron chi connectivity index (χ0n) is 14.7. The molecule has 25 heavy (non-hydrogen) atoms.